The number of piperazine rings is 1. The first kappa shape index (κ1) is 30.9. The molecule has 0 aliphatic carbocycles. The molecule has 0 spiro atoms. The molecule has 1 saturated heterocycles. The molecular weight excluding hydrogens is 583 g/mol. The molecule has 1 aliphatic heterocycles. The van der Waals surface area contributed by atoms with Crippen LogP contribution in [0.4, 0.5) is 39.2 Å². The lowest BCUT2D eigenvalue weighted by Gasteiger charge is -2.35. The Morgan fingerprint density at radius 2 is 1.62 bits per heavy atom. The van der Waals surface area contributed by atoms with Crippen molar-refractivity contribution in [1.82, 2.24) is 14.9 Å². The van der Waals surface area contributed by atoms with Gasteiger partial charge in [-0.2, -0.15) is 0 Å². The van der Waals surface area contributed by atoms with E-state index in [2.05, 4.69) is 42.6 Å². The summed E-state index contributed by atoms with van der Waals surface area (Å²) in [7, 11) is 4.43. The third kappa shape index (κ3) is 7.07. The van der Waals surface area contributed by atoms with Crippen molar-refractivity contribution in [3.63, 3.8) is 0 Å². The van der Waals surface area contributed by atoms with E-state index in [1.165, 1.54) is 38.4 Å². The quantitative estimate of drug-likeness (QED) is 0.293. The summed E-state index contributed by atoms with van der Waals surface area (Å²) in [6.07, 6.45) is 1.34. The number of amides is 3. The van der Waals surface area contributed by atoms with Gasteiger partial charge in [0.2, 0.25) is 5.91 Å². The van der Waals surface area contributed by atoms with Crippen molar-refractivity contribution in [3.8, 4) is 11.5 Å². The maximum absolute atomic E-state index is 13.2. The number of likely N-dealkylation sites (N-methyl/N-ethyl adjacent to an activating group) is 1. The molecule has 224 valence electrons. The number of ether oxygens (including phenoxy) is 2. The van der Waals surface area contributed by atoms with Crippen molar-refractivity contribution >= 4 is 69.5 Å². The highest BCUT2D eigenvalue weighted by atomic mass is 35.5. The third-order valence-electron chi connectivity index (χ3n) is 6.87. The van der Waals surface area contributed by atoms with Crippen LogP contribution in [0.3, 0.4) is 0 Å². The van der Waals surface area contributed by atoms with Gasteiger partial charge in [-0.1, -0.05) is 30.1 Å². The smallest absolute Gasteiger partial charge is 0.327 e. The lowest BCUT2D eigenvalue weighted by Crippen LogP contribution is -2.46. The average Bonchev–Trinajstić information content (AvgIpc) is 2.99. The normalized spacial score (nSPS) is 13.4. The maximum Gasteiger partial charge on any atom is 0.327 e. The number of nitrogens with one attached hydrogen (secondary N) is 3. The standard InChI is InChI=1S/C28H34Cl2N8O4/c1-6-37-9-11-38(12-10-37)18-7-8-19(33-17(2)39)20(13-18)34-23-15-24(32-16-31-23)36(3)28(40)35-27-25(29)21(41-4)14-22(42-5)26(27)30/h7-8,13-16H,6,9-12H2,1-5H3,(H,33,39)(H,35,40)(H,31,32,34). The van der Waals surface area contributed by atoms with E-state index in [4.69, 9.17) is 32.7 Å². The van der Waals surface area contributed by atoms with Gasteiger partial charge >= 0.3 is 6.03 Å². The van der Waals surface area contributed by atoms with E-state index in [-0.39, 0.29) is 33.1 Å². The van der Waals surface area contributed by atoms with Gasteiger partial charge in [-0.15, -0.1) is 0 Å². The molecule has 42 heavy (non-hydrogen) atoms. The molecule has 1 fully saturated rings. The largest absolute Gasteiger partial charge is 0.495 e. The molecule has 0 saturated carbocycles. The molecule has 0 radical (unpaired) electrons. The predicted molar refractivity (Wildman–Crippen MR) is 167 cm³/mol. The van der Waals surface area contributed by atoms with Gasteiger partial charge in [0.15, 0.2) is 0 Å². The Balaban J connectivity index is 1.56. The lowest BCUT2D eigenvalue weighted by atomic mass is 10.2. The van der Waals surface area contributed by atoms with Crippen molar-refractivity contribution in [2.75, 3.05) is 79.7 Å². The summed E-state index contributed by atoms with van der Waals surface area (Å²) in [5.41, 5.74) is 2.41. The summed E-state index contributed by atoms with van der Waals surface area (Å²) in [4.78, 5) is 39.7. The van der Waals surface area contributed by atoms with Gasteiger partial charge < -0.3 is 35.2 Å². The zero-order valence-corrected chi connectivity index (χ0v) is 25.6. The van der Waals surface area contributed by atoms with Crippen LogP contribution in [-0.4, -0.2) is 80.8 Å². The second-order valence-corrected chi connectivity index (χ2v) is 10.2. The van der Waals surface area contributed by atoms with Crippen LogP contribution in [0.5, 0.6) is 11.5 Å². The molecule has 14 heteroatoms. The molecule has 12 nitrogen and oxygen atoms in total. The van der Waals surface area contributed by atoms with Gasteiger partial charge in [0, 0.05) is 58.0 Å². The van der Waals surface area contributed by atoms with Gasteiger partial charge in [0.05, 0.1) is 31.3 Å². The van der Waals surface area contributed by atoms with Crippen LogP contribution in [0.1, 0.15) is 13.8 Å². The van der Waals surface area contributed by atoms with Crippen LogP contribution in [0.2, 0.25) is 10.0 Å². The minimum Gasteiger partial charge on any atom is -0.495 e. The number of hydrogen-bond acceptors (Lipinski definition) is 9. The van der Waals surface area contributed by atoms with Crippen molar-refractivity contribution in [2.45, 2.75) is 13.8 Å². The van der Waals surface area contributed by atoms with Crippen molar-refractivity contribution in [1.29, 1.82) is 0 Å². The van der Waals surface area contributed by atoms with E-state index < -0.39 is 6.03 Å². The van der Waals surface area contributed by atoms with Crippen LogP contribution < -0.4 is 35.2 Å². The number of halogens is 2. The number of methoxy groups -OCH3 is 2. The second kappa shape index (κ2) is 13.8. The molecule has 3 aromatic rings. The molecule has 2 heterocycles. The summed E-state index contributed by atoms with van der Waals surface area (Å²) in [5.74, 6) is 1.08. The Morgan fingerprint density at radius 1 is 0.952 bits per heavy atom. The van der Waals surface area contributed by atoms with Crippen LogP contribution in [0.15, 0.2) is 36.7 Å². The van der Waals surface area contributed by atoms with Crippen molar-refractivity contribution in [3.05, 3.63) is 46.7 Å². The third-order valence-corrected chi connectivity index (χ3v) is 7.62. The van der Waals surface area contributed by atoms with Crippen LogP contribution in [0.25, 0.3) is 0 Å². The first-order chi connectivity index (χ1) is 20.1. The van der Waals surface area contributed by atoms with Crippen molar-refractivity contribution < 1.29 is 19.1 Å². The molecule has 3 amide bonds. The first-order valence-electron chi connectivity index (χ1n) is 13.3. The highest BCUT2D eigenvalue weighted by molar-refractivity contribution is 6.41. The number of aromatic nitrogens is 2. The molecular formula is C28H34Cl2N8O4. The van der Waals surface area contributed by atoms with E-state index in [1.807, 2.05) is 18.2 Å². The highest BCUT2D eigenvalue weighted by Crippen LogP contribution is 2.44. The van der Waals surface area contributed by atoms with E-state index >= 15 is 0 Å². The number of urea groups is 1. The zero-order chi connectivity index (χ0) is 30.4. The Hall–Kier alpha value is -4.00. The Bertz CT molecular complexity index is 1420. The number of benzene rings is 2. The summed E-state index contributed by atoms with van der Waals surface area (Å²) in [5, 5.41) is 9.08. The fourth-order valence-corrected chi connectivity index (χ4v) is 5.08. The summed E-state index contributed by atoms with van der Waals surface area (Å²) in [6, 6.07) is 8.41. The first-order valence-corrected chi connectivity index (χ1v) is 14.0. The van der Waals surface area contributed by atoms with Crippen LogP contribution >= 0.6 is 23.2 Å². The SMILES string of the molecule is CCN1CCN(c2ccc(NC(C)=O)c(Nc3cc(N(C)C(=O)Nc4c(Cl)c(OC)cc(OC)c4Cl)ncn3)c2)CC1. The molecule has 2 aromatic carbocycles. The average molecular weight is 618 g/mol. The highest BCUT2D eigenvalue weighted by Gasteiger charge is 2.22. The maximum atomic E-state index is 13.2. The predicted octanol–water partition coefficient (Wildman–Crippen LogP) is 5.31. The summed E-state index contributed by atoms with van der Waals surface area (Å²) >= 11 is 12.8. The molecule has 1 aromatic heterocycles. The number of anilines is 6. The number of rotatable bonds is 9. The Labute approximate surface area is 254 Å². The van der Waals surface area contributed by atoms with Gasteiger partial charge in [-0.25, -0.2) is 14.8 Å². The minimum absolute atomic E-state index is 0.122. The number of hydrogen-bond donors (Lipinski definition) is 3. The van der Waals surface area contributed by atoms with Gasteiger partial charge in [0.25, 0.3) is 0 Å². The van der Waals surface area contributed by atoms with Crippen LogP contribution in [0, 0.1) is 0 Å². The molecule has 3 N–H and O–H groups in total. The molecule has 0 bridgehead atoms. The molecule has 0 unspecified atom stereocenters. The Morgan fingerprint density at radius 3 is 2.21 bits per heavy atom. The van der Waals surface area contributed by atoms with E-state index in [0.29, 0.717) is 23.0 Å². The number of nitrogens with zero attached hydrogens (tertiary/aromatic N) is 5. The van der Waals surface area contributed by atoms with E-state index in [9.17, 15) is 9.59 Å². The van der Waals surface area contributed by atoms with Crippen molar-refractivity contribution in [2.24, 2.45) is 0 Å². The van der Waals surface area contributed by atoms with Gasteiger partial charge in [0.1, 0.15) is 39.5 Å². The van der Waals surface area contributed by atoms with Gasteiger partial charge in [-0.05, 0) is 24.7 Å². The minimum atomic E-state index is -0.564. The van der Waals surface area contributed by atoms with Gasteiger partial charge in [-0.3, -0.25) is 9.69 Å². The molecule has 1 aliphatic rings. The molecule has 4 rings (SSSR count). The van der Waals surface area contributed by atoms with Crippen LogP contribution in [-0.2, 0) is 4.79 Å². The fraction of sp³-hybridized carbons (Fsp3) is 0.357. The second-order valence-electron chi connectivity index (χ2n) is 9.49. The molecule has 0 atom stereocenters. The topological polar surface area (TPSA) is 124 Å². The van der Waals surface area contributed by atoms with E-state index in [1.54, 1.807) is 13.1 Å². The summed E-state index contributed by atoms with van der Waals surface area (Å²) < 4.78 is 10.6. The fourth-order valence-electron chi connectivity index (χ4n) is 4.48. The number of carbonyl (C=O) groups excluding carboxylic acids is 2. The zero-order valence-electron chi connectivity index (χ0n) is 24.1. The monoisotopic (exact) mass is 616 g/mol. The van der Waals surface area contributed by atoms with E-state index in [0.717, 1.165) is 38.4 Å². The lowest BCUT2D eigenvalue weighted by molar-refractivity contribution is -0.114. The number of carbonyl (C=O) groups is 2. The summed E-state index contributed by atoms with van der Waals surface area (Å²) in [6.45, 7) is 8.41. The Kier molecular flexibility index (Phi) is 10.2.